The second-order valence-corrected chi connectivity index (χ2v) is 4.45. The molecular weight excluding hydrogens is 188 g/mol. The maximum absolute atomic E-state index is 11.6. The van der Waals surface area contributed by atoms with Crippen LogP contribution >= 0.6 is 0 Å². The van der Waals surface area contributed by atoms with Crippen LogP contribution in [-0.4, -0.2) is 24.4 Å². The SMILES string of the molecule is CN(CC#N)C(=O)CCC1CCCCC1. The van der Waals surface area contributed by atoms with Gasteiger partial charge in [-0.2, -0.15) is 5.26 Å². The molecule has 0 heterocycles. The van der Waals surface area contributed by atoms with E-state index in [1.807, 2.05) is 6.07 Å². The van der Waals surface area contributed by atoms with Crippen LogP contribution in [0.15, 0.2) is 0 Å². The summed E-state index contributed by atoms with van der Waals surface area (Å²) in [6, 6.07) is 1.99. The van der Waals surface area contributed by atoms with Gasteiger partial charge in [-0.15, -0.1) is 0 Å². The Bertz CT molecular complexity index is 238. The Balaban J connectivity index is 2.18. The number of hydrogen-bond acceptors (Lipinski definition) is 2. The minimum Gasteiger partial charge on any atom is -0.332 e. The van der Waals surface area contributed by atoms with Gasteiger partial charge in [-0.25, -0.2) is 0 Å². The molecule has 0 spiro atoms. The number of carbonyl (C=O) groups is 1. The quantitative estimate of drug-likeness (QED) is 0.665. The van der Waals surface area contributed by atoms with E-state index in [0.29, 0.717) is 6.42 Å². The molecule has 1 aliphatic carbocycles. The zero-order valence-corrected chi connectivity index (χ0v) is 9.54. The van der Waals surface area contributed by atoms with Gasteiger partial charge in [-0.05, 0) is 12.3 Å². The molecule has 0 aromatic rings. The molecule has 0 aromatic heterocycles. The predicted octanol–water partition coefficient (Wildman–Crippen LogP) is 2.33. The molecule has 3 heteroatoms. The number of carbonyl (C=O) groups excluding carboxylic acids is 1. The van der Waals surface area contributed by atoms with Crippen LogP contribution in [0, 0.1) is 17.2 Å². The fourth-order valence-electron chi connectivity index (χ4n) is 2.19. The van der Waals surface area contributed by atoms with Gasteiger partial charge in [0, 0.05) is 13.5 Å². The first-order chi connectivity index (χ1) is 7.24. The molecule has 3 nitrogen and oxygen atoms in total. The number of rotatable bonds is 4. The molecule has 1 aliphatic rings. The van der Waals surface area contributed by atoms with Crippen molar-refractivity contribution < 1.29 is 4.79 Å². The van der Waals surface area contributed by atoms with E-state index in [0.717, 1.165) is 12.3 Å². The predicted molar refractivity (Wildman–Crippen MR) is 59.1 cm³/mol. The van der Waals surface area contributed by atoms with Gasteiger partial charge in [0.25, 0.3) is 0 Å². The van der Waals surface area contributed by atoms with E-state index < -0.39 is 0 Å². The highest BCUT2D eigenvalue weighted by Gasteiger charge is 2.16. The molecule has 84 valence electrons. The lowest BCUT2D eigenvalue weighted by Gasteiger charge is -2.22. The van der Waals surface area contributed by atoms with Crippen LogP contribution in [0.25, 0.3) is 0 Å². The molecule has 0 bridgehead atoms. The number of hydrogen-bond donors (Lipinski definition) is 0. The van der Waals surface area contributed by atoms with Gasteiger partial charge in [0.1, 0.15) is 6.54 Å². The van der Waals surface area contributed by atoms with Gasteiger partial charge in [-0.3, -0.25) is 4.79 Å². The molecule has 1 amide bonds. The summed E-state index contributed by atoms with van der Waals surface area (Å²) >= 11 is 0. The third-order valence-electron chi connectivity index (χ3n) is 3.22. The molecular formula is C12H20N2O. The van der Waals surface area contributed by atoms with E-state index >= 15 is 0 Å². The van der Waals surface area contributed by atoms with E-state index in [4.69, 9.17) is 5.26 Å². The largest absolute Gasteiger partial charge is 0.332 e. The van der Waals surface area contributed by atoms with Gasteiger partial charge >= 0.3 is 0 Å². The standard InChI is InChI=1S/C12H20N2O/c1-14(10-9-13)12(15)8-7-11-5-3-2-4-6-11/h11H,2-8,10H2,1H3. The second-order valence-electron chi connectivity index (χ2n) is 4.45. The van der Waals surface area contributed by atoms with Crippen LogP contribution in [-0.2, 0) is 4.79 Å². The Kier molecular flexibility index (Phi) is 5.17. The van der Waals surface area contributed by atoms with E-state index in [9.17, 15) is 4.79 Å². The average Bonchev–Trinajstić information content (AvgIpc) is 2.27. The van der Waals surface area contributed by atoms with Crippen molar-refractivity contribution in [3.63, 3.8) is 0 Å². The molecule has 1 rings (SSSR count). The van der Waals surface area contributed by atoms with Crippen molar-refractivity contribution in [3.05, 3.63) is 0 Å². The summed E-state index contributed by atoms with van der Waals surface area (Å²) in [5.41, 5.74) is 0. The highest BCUT2D eigenvalue weighted by Crippen LogP contribution is 2.27. The first-order valence-corrected chi connectivity index (χ1v) is 5.85. The molecule has 0 saturated heterocycles. The lowest BCUT2D eigenvalue weighted by atomic mass is 9.86. The molecule has 0 aliphatic heterocycles. The third kappa shape index (κ3) is 4.33. The van der Waals surface area contributed by atoms with Gasteiger partial charge in [0.15, 0.2) is 0 Å². The number of amides is 1. The van der Waals surface area contributed by atoms with E-state index in [2.05, 4.69) is 0 Å². The van der Waals surface area contributed by atoms with Crippen LogP contribution in [0.1, 0.15) is 44.9 Å². The average molecular weight is 208 g/mol. The summed E-state index contributed by atoms with van der Waals surface area (Å²) in [5, 5.41) is 8.46. The highest BCUT2D eigenvalue weighted by atomic mass is 16.2. The van der Waals surface area contributed by atoms with Crippen molar-refractivity contribution in [2.75, 3.05) is 13.6 Å². The Hall–Kier alpha value is -1.04. The fourth-order valence-corrected chi connectivity index (χ4v) is 2.19. The maximum atomic E-state index is 11.6. The van der Waals surface area contributed by atoms with Crippen LogP contribution in [0.2, 0.25) is 0 Å². The first kappa shape index (κ1) is 12.0. The van der Waals surface area contributed by atoms with Crippen LogP contribution in [0.5, 0.6) is 0 Å². The van der Waals surface area contributed by atoms with Crippen LogP contribution in [0.3, 0.4) is 0 Å². The summed E-state index contributed by atoms with van der Waals surface area (Å²) in [6.45, 7) is 0.212. The molecule has 0 atom stereocenters. The topological polar surface area (TPSA) is 44.1 Å². The summed E-state index contributed by atoms with van der Waals surface area (Å²) in [4.78, 5) is 13.1. The minimum absolute atomic E-state index is 0.113. The molecule has 0 radical (unpaired) electrons. The smallest absolute Gasteiger partial charge is 0.223 e. The Morgan fingerprint density at radius 2 is 2.07 bits per heavy atom. The van der Waals surface area contributed by atoms with Crippen molar-refractivity contribution in [1.82, 2.24) is 4.90 Å². The summed E-state index contributed by atoms with van der Waals surface area (Å²) < 4.78 is 0. The minimum atomic E-state index is 0.113. The van der Waals surface area contributed by atoms with Crippen LogP contribution in [0.4, 0.5) is 0 Å². The summed E-state index contributed by atoms with van der Waals surface area (Å²) in [5.74, 6) is 0.861. The van der Waals surface area contributed by atoms with Crippen molar-refractivity contribution >= 4 is 5.91 Å². The summed E-state index contributed by atoms with van der Waals surface area (Å²) in [6.07, 6.45) is 8.21. The normalized spacial score (nSPS) is 17.1. The van der Waals surface area contributed by atoms with Gasteiger partial charge in [-0.1, -0.05) is 32.1 Å². The van der Waals surface area contributed by atoms with Crippen molar-refractivity contribution in [2.45, 2.75) is 44.9 Å². The van der Waals surface area contributed by atoms with Gasteiger partial charge in [0.2, 0.25) is 5.91 Å². The number of nitriles is 1. The van der Waals surface area contributed by atoms with Crippen molar-refractivity contribution in [1.29, 1.82) is 5.26 Å². The monoisotopic (exact) mass is 208 g/mol. The second kappa shape index (κ2) is 6.44. The van der Waals surface area contributed by atoms with E-state index in [-0.39, 0.29) is 12.5 Å². The summed E-state index contributed by atoms with van der Waals surface area (Å²) in [7, 11) is 1.70. The lowest BCUT2D eigenvalue weighted by Crippen LogP contribution is -2.27. The van der Waals surface area contributed by atoms with Gasteiger partial charge < -0.3 is 4.90 Å². The molecule has 0 unspecified atom stereocenters. The Morgan fingerprint density at radius 3 is 2.67 bits per heavy atom. The third-order valence-corrected chi connectivity index (χ3v) is 3.22. The molecule has 1 fully saturated rings. The molecule has 1 saturated carbocycles. The zero-order chi connectivity index (χ0) is 11.1. The number of nitrogens with zero attached hydrogens (tertiary/aromatic N) is 2. The first-order valence-electron chi connectivity index (χ1n) is 5.85. The molecule has 0 aromatic carbocycles. The van der Waals surface area contributed by atoms with Crippen molar-refractivity contribution in [2.24, 2.45) is 5.92 Å². The Morgan fingerprint density at radius 1 is 1.40 bits per heavy atom. The zero-order valence-electron chi connectivity index (χ0n) is 9.54. The van der Waals surface area contributed by atoms with Gasteiger partial charge in [0.05, 0.1) is 6.07 Å². The fraction of sp³-hybridized carbons (Fsp3) is 0.833. The molecule has 15 heavy (non-hydrogen) atoms. The maximum Gasteiger partial charge on any atom is 0.223 e. The van der Waals surface area contributed by atoms with E-state index in [1.165, 1.54) is 37.0 Å². The van der Waals surface area contributed by atoms with Crippen molar-refractivity contribution in [3.8, 4) is 6.07 Å². The van der Waals surface area contributed by atoms with E-state index in [1.54, 1.807) is 7.05 Å². The van der Waals surface area contributed by atoms with Crippen LogP contribution < -0.4 is 0 Å². The highest BCUT2D eigenvalue weighted by molar-refractivity contribution is 5.76. The Labute approximate surface area is 92.1 Å². The molecule has 0 N–H and O–H groups in total. The lowest BCUT2D eigenvalue weighted by molar-refractivity contribution is -0.129.